The molecule has 0 saturated heterocycles. The van der Waals surface area contributed by atoms with Gasteiger partial charge in [-0.3, -0.25) is 4.79 Å². The molecule has 0 saturated carbocycles. The summed E-state index contributed by atoms with van der Waals surface area (Å²) in [6.07, 6.45) is 19.4. The van der Waals surface area contributed by atoms with E-state index < -0.39 is 18.2 Å². The zero-order chi connectivity index (χ0) is 17.3. The van der Waals surface area contributed by atoms with E-state index in [4.69, 9.17) is 15.3 Å². The predicted octanol–water partition coefficient (Wildman–Crippen LogP) is 4.20. The van der Waals surface area contributed by atoms with Crippen molar-refractivity contribution in [2.45, 2.75) is 71.0 Å². The van der Waals surface area contributed by atoms with Gasteiger partial charge in [-0.25, -0.2) is 0 Å². The molecule has 0 radical (unpaired) electrons. The second kappa shape index (κ2) is 15.5. The minimum Gasteiger partial charge on any atom is -0.481 e. The number of aliphatic carboxylic acids is 1. The number of carboxylic acids is 1. The number of aliphatic hydroxyl groups excluding tert-OH is 1. The molecule has 4 heteroatoms. The van der Waals surface area contributed by atoms with Crippen molar-refractivity contribution >= 4 is 5.97 Å². The Labute approximate surface area is 140 Å². The summed E-state index contributed by atoms with van der Waals surface area (Å²) in [5.41, 5.74) is 0. The van der Waals surface area contributed by atoms with Gasteiger partial charge in [-0.2, -0.15) is 0 Å². The number of hydrogen-bond acceptors (Lipinski definition) is 3. The van der Waals surface area contributed by atoms with Gasteiger partial charge in [0.25, 0.3) is 0 Å². The summed E-state index contributed by atoms with van der Waals surface area (Å²) >= 11 is 0. The van der Waals surface area contributed by atoms with E-state index in [1.54, 1.807) is 0 Å². The Bertz CT molecular complexity index is 370. The quantitative estimate of drug-likeness (QED) is 0.254. The maximum Gasteiger partial charge on any atom is 0.311 e. The summed E-state index contributed by atoms with van der Waals surface area (Å²) in [5, 5.41) is 26.7. The molecule has 0 aromatic rings. The van der Waals surface area contributed by atoms with E-state index in [-0.39, 0.29) is 0 Å². The fourth-order valence-corrected chi connectivity index (χ4v) is 2.21. The van der Waals surface area contributed by atoms with Crippen LogP contribution in [0.1, 0.15) is 64.7 Å². The lowest BCUT2D eigenvalue weighted by atomic mass is 10.00. The van der Waals surface area contributed by atoms with E-state index in [1.807, 2.05) is 0 Å². The molecule has 0 bridgehead atoms. The molecule has 0 aromatic heterocycles. The van der Waals surface area contributed by atoms with Crippen LogP contribution in [-0.2, 0) is 4.79 Å². The van der Waals surface area contributed by atoms with Gasteiger partial charge >= 0.3 is 5.97 Å². The summed E-state index contributed by atoms with van der Waals surface area (Å²) in [6, 6.07) is 0. The van der Waals surface area contributed by atoms with Crippen molar-refractivity contribution in [1.82, 2.24) is 0 Å². The van der Waals surface area contributed by atoms with Gasteiger partial charge in [0.2, 0.25) is 0 Å². The molecule has 3 N–H and O–H groups in total. The average molecular weight is 324 g/mol. The third-order valence-electron chi connectivity index (χ3n) is 3.59. The Kier molecular flexibility index (Phi) is 14.6. The van der Waals surface area contributed by atoms with Crippen molar-refractivity contribution in [2.75, 3.05) is 0 Å². The number of carboxylic acid groups (broad SMARTS) is 1. The molecule has 0 aliphatic heterocycles. The Morgan fingerprint density at radius 1 is 0.870 bits per heavy atom. The van der Waals surface area contributed by atoms with Crippen molar-refractivity contribution in [3.8, 4) is 0 Å². The van der Waals surface area contributed by atoms with Crippen LogP contribution in [0.4, 0.5) is 0 Å². The number of hydrogen-bond donors (Lipinski definition) is 3. The van der Waals surface area contributed by atoms with Crippen molar-refractivity contribution in [3.05, 3.63) is 36.5 Å². The second-order valence-corrected chi connectivity index (χ2v) is 5.64. The first-order valence-corrected chi connectivity index (χ1v) is 8.63. The monoisotopic (exact) mass is 324 g/mol. The number of carbonyl (C=O) groups is 1. The van der Waals surface area contributed by atoms with Crippen molar-refractivity contribution in [1.29, 1.82) is 0 Å². The zero-order valence-corrected chi connectivity index (χ0v) is 14.2. The van der Waals surface area contributed by atoms with Crippen LogP contribution in [-0.4, -0.2) is 27.6 Å². The largest absolute Gasteiger partial charge is 0.481 e. The molecule has 0 heterocycles. The van der Waals surface area contributed by atoms with Crippen LogP contribution in [0, 0.1) is 5.92 Å². The number of rotatable bonds is 14. The van der Waals surface area contributed by atoms with Crippen molar-refractivity contribution < 1.29 is 20.1 Å². The SMILES string of the molecule is CC/C=C\C/C=C\C/C=C\CCCCCCC(C(=O)O)C(O)O. The minimum atomic E-state index is -1.76. The molecule has 0 aromatic carbocycles. The highest BCUT2D eigenvalue weighted by Crippen LogP contribution is 2.14. The topological polar surface area (TPSA) is 77.8 Å². The molecule has 0 rings (SSSR count). The first-order valence-electron chi connectivity index (χ1n) is 8.63. The summed E-state index contributed by atoms with van der Waals surface area (Å²) in [7, 11) is 0. The van der Waals surface area contributed by atoms with Crippen LogP contribution in [0.5, 0.6) is 0 Å². The van der Waals surface area contributed by atoms with E-state index in [1.165, 1.54) is 0 Å². The molecule has 0 amide bonds. The van der Waals surface area contributed by atoms with E-state index in [2.05, 4.69) is 43.4 Å². The van der Waals surface area contributed by atoms with Gasteiger partial charge in [0.15, 0.2) is 6.29 Å². The molecule has 132 valence electrons. The highest BCUT2D eigenvalue weighted by molar-refractivity contribution is 5.70. The van der Waals surface area contributed by atoms with E-state index in [9.17, 15) is 4.79 Å². The van der Waals surface area contributed by atoms with Crippen molar-refractivity contribution in [3.63, 3.8) is 0 Å². The van der Waals surface area contributed by atoms with Crippen LogP contribution >= 0.6 is 0 Å². The Balaban J connectivity index is 3.50. The first-order chi connectivity index (χ1) is 11.1. The third kappa shape index (κ3) is 14.0. The van der Waals surface area contributed by atoms with Gasteiger partial charge in [-0.1, -0.05) is 62.6 Å². The maximum absolute atomic E-state index is 10.8. The lowest BCUT2D eigenvalue weighted by Crippen LogP contribution is -2.27. The van der Waals surface area contributed by atoms with Gasteiger partial charge in [0.1, 0.15) is 5.92 Å². The maximum atomic E-state index is 10.8. The van der Waals surface area contributed by atoms with Crippen LogP contribution < -0.4 is 0 Å². The molecule has 4 nitrogen and oxygen atoms in total. The number of aliphatic hydroxyl groups is 2. The molecular weight excluding hydrogens is 292 g/mol. The minimum absolute atomic E-state index is 0.320. The third-order valence-corrected chi connectivity index (χ3v) is 3.59. The number of unbranched alkanes of at least 4 members (excludes halogenated alkanes) is 4. The van der Waals surface area contributed by atoms with Crippen LogP contribution in [0.2, 0.25) is 0 Å². The molecule has 0 fully saturated rings. The summed E-state index contributed by atoms with van der Waals surface area (Å²) in [5.74, 6) is -2.20. The summed E-state index contributed by atoms with van der Waals surface area (Å²) < 4.78 is 0. The molecule has 1 unspecified atom stereocenters. The average Bonchev–Trinajstić information content (AvgIpc) is 2.50. The number of allylic oxidation sites excluding steroid dienone is 6. The smallest absolute Gasteiger partial charge is 0.311 e. The lowest BCUT2D eigenvalue weighted by molar-refractivity contribution is -0.159. The van der Waals surface area contributed by atoms with Gasteiger partial charge in [0.05, 0.1) is 0 Å². The molecule has 0 aliphatic carbocycles. The van der Waals surface area contributed by atoms with Gasteiger partial charge < -0.3 is 15.3 Å². The molecule has 0 spiro atoms. The summed E-state index contributed by atoms with van der Waals surface area (Å²) in [6.45, 7) is 2.13. The summed E-state index contributed by atoms with van der Waals surface area (Å²) in [4.78, 5) is 10.8. The van der Waals surface area contributed by atoms with E-state index in [0.29, 0.717) is 12.8 Å². The van der Waals surface area contributed by atoms with Crippen LogP contribution in [0.15, 0.2) is 36.5 Å². The molecule has 1 atom stereocenters. The molecular formula is C19H32O4. The van der Waals surface area contributed by atoms with E-state index >= 15 is 0 Å². The van der Waals surface area contributed by atoms with Crippen LogP contribution in [0.3, 0.4) is 0 Å². The van der Waals surface area contributed by atoms with Crippen molar-refractivity contribution in [2.24, 2.45) is 5.92 Å². The molecule has 0 aliphatic rings. The highest BCUT2D eigenvalue weighted by Gasteiger charge is 2.23. The fourth-order valence-electron chi connectivity index (χ4n) is 2.21. The Hall–Kier alpha value is -1.39. The lowest BCUT2D eigenvalue weighted by Gasteiger charge is -2.13. The normalized spacial score (nSPS) is 13.7. The predicted molar refractivity (Wildman–Crippen MR) is 94.0 cm³/mol. The van der Waals surface area contributed by atoms with Gasteiger partial charge in [-0.15, -0.1) is 0 Å². The van der Waals surface area contributed by atoms with E-state index in [0.717, 1.165) is 44.9 Å². The molecule has 23 heavy (non-hydrogen) atoms. The second-order valence-electron chi connectivity index (χ2n) is 5.64. The highest BCUT2D eigenvalue weighted by atomic mass is 16.5. The fraction of sp³-hybridized carbons (Fsp3) is 0.632. The standard InChI is InChI=1S/C19H32O4/c1-2-3-4-5-6-7-8-9-10-11-12-13-14-15-16-17(18(20)21)19(22)23/h3-4,6-7,9-10,17-18,20-21H,2,5,8,11-16H2,1H3,(H,22,23)/b4-3-,7-6-,10-9-. The van der Waals surface area contributed by atoms with Gasteiger partial charge in [0, 0.05) is 0 Å². The Morgan fingerprint density at radius 2 is 1.43 bits per heavy atom. The first kappa shape index (κ1) is 21.6. The van der Waals surface area contributed by atoms with Gasteiger partial charge in [-0.05, 0) is 38.5 Å². The zero-order valence-electron chi connectivity index (χ0n) is 14.2. The Morgan fingerprint density at radius 3 is 2.00 bits per heavy atom. The van der Waals surface area contributed by atoms with Crippen LogP contribution in [0.25, 0.3) is 0 Å².